The first-order valence-electron chi connectivity index (χ1n) is 9.43. The van der Waals surface area contributed by atoms with Crippen LogP contribution in [-0.2, 0) is 29.0 Å². The summed E-state index contributed by atoms with van der Waals surface area (Å²) < 4.78 is 0. The van der Waals surface area contributed by atoms with Gasteiger partial charge in [0.15, 0.2) is 0 Å². The summed E-state index contributed by atoms with van der Waals surface area (Å²) in [5.41, 5.74) is 4.73. The molecule has 2 unspecified atom stereocenters. The molecule has 2 aromatic carbocycles. The molecule has 0 heterocycles. The minimum atomic E-state index is -0.187. The highest BCUT2D eigenvalue weighted by atomic mass is 16.2. The maximum Gasteiger partial charge on any atom is 0.243 e. The maximum atomic E-state index is 12.5. The number of hydrogen-bond acceptors (Lipinski definition) is 2. The molecule has 27 heavy (non-hydrogen) atoms. The number of carbonyl (C=O) groups is 2. The molecule has 0 bridgehead atoms. The van der Waals surface area contributed by atoms with E-state index in [0.29, 0.717) is 6.54 Å². The zero-order chi connectivity index (χ0) is 19.2. The number of nitrogens with one attached hydrogen (secondary N) is 2. The Morgan fingerprint density at radius 3 is 2.56 bits per heavy atom. The van der Waals surface area contributed by atoms with Crippen molar-refractivity contribution in [1.29, 1.82) is 0 Å². The average molecular weight is 362 g/mol. The molecule has 0 fully saturated rings. The number of amides is 2. The second kappa shape index (κ2) is 8.67. The van der Waals surface area contributed by atoms with Gasteiger partial charge < -0.3 is 10.6 Å². The third-order valence-electron chi connectivity index (χ3n) is 5.21. The van der Waals surface area contributed by atoms with Crippen LogP contribution in [-0.4, -0.2) is 11.8 Å². The number of benzene rings is 2. The summed E-state index contributed by atoms with van der Waals surface area (Å²) in [6.45, 7) is 5.91. The fourth-order valence-corrected chi connectivity index (χ4v) is 3.53. The molecule has 1 aliphatic rings. The molecule has 0 spiro atoms. The molecule has 0 saturated carbocycles. The maximum absolute atomic E-state index is 12.5. The zero-order valence-corrected chi connectivity index (χ0v) is 15.7. The molecule has 0 saturated heterocycles. The lowest BCUT2D eigenvalue weighted by Gasteiger charge is -2.23. The standard InChI is InChI=1S/C23H26N2O2/c1-3-22(26)25-16(2)18-10-8-17(9-11-18)15-24-23(27)21-13-12-19-6-4-5-7-20(19)14-21/h3-11,16,21H,1,12-15H2,2H3,(H,24,27)(H,25,26). The molecule has 4 nitrogen and oxygen atoms in total. The van der Waals surface area contributed by atoms with Gasteiger partial charge in [-0.25, -0.2) is 0 Å². The number of rotatable bonds is 6. The second-order valence-electron chi connectivity index (χ2n) is 7.10. The van der Waals surface area contributed by atoms with E-state index >= 15 is 0 Å². The average Bonchev–Trinajstić information content (AvgIpc) is 2.71. The number of carbonyl (C=O) groups excluding carboxylic acids is 2. The van der Waals surface area contributed by atoms with Crippen molar-refractivity contribution in [2.75, 3.05) is 0 Å². The SMILES string of the molecule is C=CC(=O)NC(C)c1ccc(CNC(=O)C2CCc3ccccc3C2)cc1. The van der Waals surface area contributed by atoms with Gasteiger partial charge >= 0.3 is 0 Å². The Kier molecular flexibility index (Phi) is 6.07. The third-order valence-corrected chi connectivity index (χ3v) is 5.21. The quantitative estimate of drug-likeness (QED) is 0.773. The van der Waals surface area contributed by atoms with Crippen LogP contribution in [0.4, 0.5) is 0 Å². The van der Waals surface area contributed by atoms with Crippen molar-refractivity contribution in [3.05, 3.63) is 83.4 Å². The molecule has 2 aromatic rings. The van der Waals surface area contributed by atoms with Crippen LogP contribution in [0.5, 0.6) is 0 Å². The Morgan fingerprint density at radius 1 is 1.15 bits per heavy atom. The highest BCUT2D eigenvalue weighted by Gasteiger charge is 2.24. The number of fused-ring (bicyclic) bond motifs is 1. The Hall–Kier alpha value is -2.88. The van der Waals surface area contributed by atoms with E-state index < -0.39 is 0 Å². The molecule has 1 aliphatic carbocycles. The summed E-state index contributed by atoms with van der Waals surface area (Å²) in [6.07, 6.45) is 3.96. The first-order chi connectivity index (χ1) is 13.1. The topological polar surface area (TPSA) is 58.2 Å². The summed E-state index contributed by atoms with van der Waals surface area (Å²) in [7, 11) is 0. The summed E-state index contributed by atoms with van der Waals surface area (Å²) >= 11 is 0. The van der Waals surface area contributed by atoms with Gasteiger partial charge in [-0.3, -0.25) is 9.59 Å². The van der Waals surface area contributed by atoms with E-state index in [1.807, 2.05) is 37.3 Å². The zero-order valence-electron chi connectivity index (χ0n) is 15.7. The van der Waals surface area contributed by atoms with Gasteiger partial charge in [-0.15, -0.1) is 0 Å². The van der Waals surface area contributed by atoms with Crippen molar-refractivity contribution in [1.82, 2.24) is 10.6 Å². The molecule has 2 amide bonds. The summed E-state index contributed by atoms with van der Waals surface area (Å²) in [5, 5.41) is 5.91. The Labute approximate surface area is 160 Å². The molecule has 140 valence electrons. The number of hydrogen-bond donors (Lipinski definition) is 2. The van der Waals surface area contributed by atoms with E-state index in [1.165, 1.54) is 17.2 Å². The molecule has 4 heteroatoms. The van der Waals surface area contributed by atoms with E-state index in [4.69, 9.17) is 0 Å². The monoisotopic (exact) mass is 362 g/mol. The molecular weight excluding hydrogens is 336 g/mol. The Bertz CT molecular complexity index is 827. The number of aryl methyl sites for hydroxylation is 1. The van der Waals surface area contributed by atoms with Crippen molar-refractivity contribution in [3.63, 3.8) is 0 Å². The molecule has 0 aromatic heterocycles. The van der Waals surface area contributed by atoms with Crippen LogP contribution in [0.25, 0.3) is 0 Å². The van der Waals surface area contributed by atoms with Gasteiger partial charge in [0, 0.05) is 12.5 Å². The van der Waals surface area contributed by atoms with Crippen molar-refractivity contribution in [3.8, 4) is 0 Å². The van der Waals surface area contributed by atoms with Crippen LogP contribution in [0.1, 0.15) is 41.6 Å². The van der Waals surface area contributed by atoms with Crippen LogP contribution in [0, 0.1) is 5.92 Å². The van der Waals surface area contributed by atoms with Crippen LogP contribution in [0.2, 0.25) is 0 Å². The minimum Gasteiger partial charge on any atom is -0.352 e. The summed E-state index contributed by atoms with van der Waals surface area (Å²) in [6, 6.07) is 16.2. The van der Waals surface area contributed by atoms with Crippen molar-refractivity contribution >= 4 is 11.8 Å². The van der Waals surface area contributed by atoms with Gasteiger partial charge in [-0.1, -0.05) is 55.1 Å². The van der Waals surface area contributed by atoms with Gasteiger partial charge in [0.05, 0.1) is 6.04 Å². The molecule has 2 N–H and O–H groups in total. The van der Waals surface area contributed by atoms with E-state index in [0.717, 1.165) is 30.4 Å². The summed E-state index contributed by atoms with van der Waals surface area (Å²) in [5.74, 6) is -0.0126. The molecule has 2 atom stereocenters. The van der Waals surface area contributed by atoms with E-state index in [1.54, 1.807) is 0 Å². The minimum absolute atomic E-state index is 0.0494. The first kappa shape index (κ1) is 18.9. The van der Waals surface area contributed by atoms with E-state index in [9.17, 15) is 9.59 Å². The van der Waals surface area contributed by atoms with Crippen molar-refractivity contribution < 1.29 is 9.59 Å². The van der Waals surface area contributed by atoms with Crippen molar-refractivity contribution in [2.45, 2.75) is 38.8 Å². The van der Waals surface area contributed by atoms with Crippen LogP contribution < -0.4 is 10.6 Å². The van der Waals surface area contributed by atoms with Gasteiger partial charge in [-0.05, 0) is 54.5 Å². The highest BCUT2D eigenvalue weighted by molar-refractivity contribution is 5.87. The highest BCUT2D eigenvalue weighted by Crippen LogP contribution is 2.25. The van der Waals surface area contributed by atoms with Crippen molar-refractivity contribution in [2.24, 2.45) is 5.92 Å². The van der Waals surface area contributed by atoms with Crippen LogP contribution in [0.3, 0.4) is 0 Å². The summed E-state index contributed by atoms with van der Waals surface area (Å²) in [4.78, 5) is 23.9. The molecule has 3 rings (SSSR count). The normalized spacial score (nSPS) is 16.7. The first-order valence-corrected chi connectivity index (χ1v) is 9.43. The fraction of sp³-hybridized carbons (Fsp3) is 0.304. The lowest BCUT2D eigenvalue weighted by atomic mass is 9.83. The lowest BCUT2D eigenvalue weighted by molar-refractivity contribution is -0.125. The predicted octanol–water partition coefficient (Wildman–Crippen LogP) is 3.47. The van der Waals surface area contributed by atoms with Crippen LogP contribution in [0.15, 0.2) is 61.2 Å². The van der Waals surface area contributed by atoms with Gasteiger partial charge in [-0.2, -0.15) is 0 Å². The Morgan fingerprint density at radius 2 is 1.85 bits per heavy atom. The van der Waals surface area contributed by atoms with E-state index in [2.05, 4.69) is 35.4 Å². The van der Waals surface area contributed by atoms with E-state index in [-0.39, 0.29) is 23.8 Å². The van der Waals surface area contributed by atoms with Gasteiger partial charge in [0.1, 0.15) is 0 Å². The van der Waals surface area contributed by atoms with Crippen LogP contribution >= 0.6 is 0 Å². The fourth-order valence-electron chi connectivity index (χ4n) is 3.53. The predicted molar refractivity (Wildman–Crippen MR) is 107 cm³/mol. The smallest absolute Gasteiger partial charge is 0.243 e. The van der Waals surface area contributed by atoms with Gasteiger partial charge in [0.2, 0.25) is 11.8 Å². The lowest BCUT2D eigenvalue weighted by Crippen LogP contribution is -2.33. The third kappa shape index (κ3) is 4.85. The molecular formula is C23H26N2O2. The molecule has 0 radical (unpaired) electrons. The Balaban J connectivity index is 1.52. The largest absolute Gasteiger partial charge is 0.352 e. The molecule has 0 aliphatic heterocycles. The second-order valence-corrected chi connectivity index (χ2v) is 7.10. The van der Waals surface area contributed by atoms with Gasteiger partial charge in [0.25, 0.3) is 0 Å².